The molecule has 0 saturated heterocycles. The Hall–Kier alpha value is -2.25. The van der Waals surface area contributed by atoms with E-state index in [0.717, 1.165) is 23.0 Å². The molecule has 6 nitrogen and oxygen atoms in total. The van der Waals surface area contributed by atoms with Gasteiger partial charge in [-0.3, -0.25) is 4.57 Å². The summed E-state index contributed by atoms with van der Waals surface area (Å²) in [6, 6.07) is 11.5. The van der Waals surface area contributed by atoms with Gasteiger partial charge in [0.2, 0.25) is 0 Å². The second kappa shape index (κ2) is 8.22. The molecule has 1 aromatic carbocycles. The predicted octanol–water partition coefficient (Wildman–Crippen LogP) is 3.40. The summed E-state index contributed by atoms with van der Waals surface area (Å²) in [6.45, 7) is 4.99. The van der Waals surface area contributed by atoms with Crippen LogP contribution in [-0.2, 0) is 6.54 Å². The molecule has 0 aliphatic heterocycles. The van der Waals surface area contributed by atoms with E-state index in [2.05, 4.69) is 10.2 Å². The maximum Gasteiger partial charge on any atom is 0.200 e. The highest BCUT2D eigenvalue weighted by Crippen LogP contribution is 2.24. The van der Waals surface area contributed by atoms with Gasteiger partial charge >= 0.3 is 0 Å². The number of aromatic nitrogens is 3. The lowest BCUT2D eigenvalue weighted by Crippen LogP contribution is -2.20. The molecule has 0 aliphatic rings. The van der Waals surface area contributed by atoms with Crippen molar-refractivity contribution in [3.05, 3.63) is 48.2 Å². The highest BCUT2D eigenvalue weighted by molar-refractivity contribution is 7.99. The Morgan fingerprint density at radius 2 is 2.16 bits per heavy atom. The van der Waals surface area contributed by atoms with Gasteiger partial charge in [-0.15, -0.1) is 10.2 Å². The van der Waals surface area contributed by atoms with Crippen LogP contribution in [0.5, 0.6) is 5.75 Å². The fourth-order valence-electron chi connectivity index (χ4n) is 2.38. The summed E-state index contributed by atoms with van der Waals surface area (Å²) in [5.74, 6) is 2.62. The predicted molar refractivity (Wildman–Crippen MR) is 96.8 cm³/mol. The lowest BCUT2D eigenvalue weighted by molar-refractivity contribution is 0.126. The third-order valence-electron chi connectivity index (χ3n) is 3.61. The van der Waals surface area contributed by atoms with Gasteiger partial charge in [-0.1, -0.05) is 23.9 Å². The second-order valence-electron chi connectivity index (χ2n) is 5.62. The molecule has 0 spiro atoms. The molecular weight excluding hydrogens is 338 g/mol. The van der Waals surface area contributed by atoms with E-state index in [-0.39, 0.29) is 6.61 Å². The first-order valence-electron chi connectivity index (χ1n) is 8.14. The van der Waals surface area contributed by atoms with Crippen molar-refractivity contribution >= 4 is 11.8 Å². The molecule has 3 rings (SSSR count). The monoisotopic (exact) mass is 359 g/mol. The molecule has 3 aromatic rings. The molecular formula is C18H21N3O3S. The number of furan rings is 1. The van der Waals surface area contributed by atoms with E-state index in [4.69, 9.17) is 9.15 Å². The molecule has 1 N–H and O–H groups in total. The van der Waals surface area contributed by atoms with E-state index in [1.165, 1.54) is 11.8 Å². The maximum atomic E-state index is 10.2. The molecule has 2 aromatic heterocycles. The zero-order valence-electron chi connectivity index (χ0n) is 14.3. The van der Waals surface area contributed by atoms with Crippen LogP contribution in [-0.4, -0.2) is 38.3 Å². The number of nitrogens with zero attached hydrogens (tertiary/aromatic N) is 3. The minimum Gasteiger partial charge on any atom is -0.491 e. The highest BCUT2D eigenvalue weighted by atomic mass is 32.2. The van der Waals surface area contributed by atoms with E-state index in [9.17, 15) is 5.11 Å². The fourth-order valence-corrected chi connectivity index (χ4v) is 3.29. The van der Waals surface area contributed by atoms with E-state index < -0.39 is 6.10 Å². The summed E-state index contributed by atoms with van der Waals surface area (Å²) < 4.78 is 13.0. The highest BCUT2D eigenvalue weighted by Gasteiger charge is 2.16. The van der Waals surface area contributed by atoms with E-state index in [0.29, 0.717) is 17.3 Å². The Morgan fingerprint density at radius 3 is 2.88 bits per heavy atom. The van der Waals surface area contributed by atoms with Crippen LogP contribution in [0, 0.1) is 6.92 Å². The molecule has 25 heavy (non-hydrogen) atoms. The van der Waals surface area contributed by atoms with Crippen molar-refractivity contribution in [2.75, 3.05) is 12.4 Å². The van der Waals surface area contributed by atoms with E-state index in [1.54, 1.807) is 6.26 Å². The van der Waals surface area contributed by atoms with Crippen LogP contribution in [0.1, 0.15) is 12.5 Å². The molecule has 0 saturated carbocycles. The van der Waals surface area contributed by atoms with Crippen molar-refractivity contribution in [2.45, 2.75) is 31.7 Å². The summed E-state index contributed by atoms with van der Waals surface area (Å²) in [5, 5.41) is 19.3. The number of benzene rings is 1. The van der Waals surface area contributed by atoms with Gasteiger partial charge in [0.25, 0.3) is 0 Å². The summed E-state index contributed by atoms with van der Waals surface area (Å²) in [4.78, 5) is 0. The first-order chi connectivity index (χ1) is 12.2. The van der Waals surface area contributed by atoms with Gasteiger partial charge in [-0.05, 0) is 43.7 Å². The van der Waals surface area contributed by atoms with Crippen LogP contribution >= 0.6 is 11.8 Å². The van der Waals surface area contributed by atoms with E-state index in [1.807, 2.05) is 54.8 Å². The van der Waals surface area contributed by atoms with Gasteiger partial charge in [-0.2, -0.15) is 0 Å². The Balaban J connectivity index is 1.56. The molecule has 0 radical (unpaired) electrons. The number of hydrogen-bond donors (Lipinski definition) is 1. The van der Waals surface area contributed by atoms with Crippen LogP contribution < -0.4 is 4.74 Å². The number of hydrogen-bond acceptors (Lipinski definition) is 6. The second-order valence-corrected chi connectivity index (χ2v) is 6.61. The molecule has 0 aliphatic carbocycles. The molecule has 7 heteroatoms. The summed E-state index contributed by atoms with van der Waals surface area (Å²) in [6.07, 6.45) is 1.02. The standard InChI is InChI=1S/C18H21N3O3S/c1-3-21-17(16-8-5-9-23-16)19-20-18(21)25-12-14(22)11-24-15-7-4-6-13(2)10-15/h4-10,14,22H,3,11-12H2,1-2H3. The van der Waals surface area contributed by atoms with Crippen molar-refractivity contribution in [1.29, 1.82) is 0 Å². The zero-order chi connectivity index (χ0) is 17.6. The zero-order valence-corrected chi connectivity index (χ0v) is 15.1. The normalized spacial score (nSPS) is 12.3. The maximum absolute atomic E-state index is 10.2. The number of aliphatic hydroxyl groups is 1. The van der Waals surface area contributed by atoms with Crippen LogP contribution in [0.4, 0.5) is 0 Å². The van der Waals surface area contributed by atoms with Crippen LogP contribution in [0.25, 0.3) is 11.6 Å². The third-order valence-corrected chi connectivity index (χ3v) is 4.72. The van der Waals surface area contributed by atoms with Gasteiger partial charge in [0.05, 0.1) is 12.4 Å². The Kier molecular flexibility index (Phi) is 5.78. The van der Waals surface area contributed by atoms with Crippen LogP contribution in [0.2, 0.25) is 0 Å². The average Bonchev–Trinajstić information content (AvgIpc) is 3.27. The Labute approximate surface area is 150 Å². The van der Waals surface area contributed by atoms with Crippen molar-refractivity contribution in [2.24, 2.45) is 0 Å². The smallest absolute Gasteiger partial charge is 0.200 e. The van der Waals surface area contributed by atoms with Crippen LogP contribution in [0.15, 0.2) is 52.2 Å². The molecule has 0 amide bonds. The quantitative estimate of drug-likeness (QED) is 0.622. The number of rotatable bonds is 8. The molecule has 132 valence electrons. The van der Waals surface area contributed by atoms with Crippen molar-refractivity contribution < 1.29 is 14.3 Å². The fraction of sp³-hybridized carbons (Fsp3) is 0.333. The number of aliphatic hydroxyl groups excluding tert-OH is 1. The molecule has 0 fully saturated rings. The average molecular weight is 359 g/mol. The van der Waals surface area contributed by atoms with Crippen molar-refractivity contribution in [3.8, 4) is 17.3 Å². The summed E-state index contributed by atoms with van der Waals surface area (Å²) in [7, 11) is 0. The van der Waals surface area contributed by atoms with Crippen molar-refractivity contribution in [3.63, 3.8) is 0 Å². The first kappa shape index (κ1) is 17.6. The topological polar surface area (TPSA) is 73.3 Å². The van der Waals surface area contributed by atoms with Gasteiger partial charge in [0, 0.05) is 12.3 Å². The number of thioether (sulfide) groups is 1. The molecule has 0 bridgehead atoms. The van der Waals surface area contributed by atoms with Gasteiger partial charge in [-0.25, -0.2) is 0 Å². The summed E-state index contributed by atoms with van der Waals surface area (Å²) >= 11 is 1.45. The Bertz CT molecular complexity index is 802. The minimum absolute atomic E-state index is 0.238. The lowest BCUT2D eigenvalue weighted by Gasteiger charge is -2.12. The molecule has 1 unspecified atom stereocenters. The van der Waals surface area contributed by atoms with Gasteiger partial charge in [0.1, 0.15) is 12.4 Å². The van der Waals surface area contributed by atoms with E-state index >= 15 is 0 Å². The van der Waals surface area contributed by atoms with Gasteiger partial charge < -0.3 is 14.3 Å². The number of aryl methyl sites for hydroxylation is 1. The van der Waals surface area contributed by atoms with Gasteiger partial charge in [0.15, 0.2) is 16.7 Å². The van der Waals surface area contributed by atoms with Crippen LogP contribution in [0.3, 0.4) is 0 Å². The van der Waals surface area contributed by atoms with Crippen molar-refractivity contribution in [1.82, 2.24) is 14.8 Å². The first-order valence-corrected chi connectivity index (χ1v) is 9.13. The molecule has 1 atom stereocenters. The minimum atomic E-state index is -0.598. The Morgan fingerprint density at radius 1 is 1.28 bits per heavy atom. The summed E-state index contributed by atoms with van der Waals surface area (Å²) in [5.41, 5.74) is 1.13. The largest absolute Gasteiger partial charge is 0.491 e. The molecule has 2 heterocycles. The SMILES string of the molecule is CCn1c(SCC(O)COc2cccc(C)c2)nnc1-c1ccco1. The number of ether oxygens (including phenoxy) is 1. The lowest BCUT2D eigenvalue weighted by atomic mass is 10.2. The third kappa shape index (κ3) is 4.43.